The van der Waals surface area contributed by atoms with Crippen molar-refractivity contribution < 1.29 is 9.90 Å². The highest BCUT2D eigenvalue weighted by Gasteiger charge is 2.27. The number of rotatable bonds is 5. The number of aliphatic hydroxyl groups is 1. The van der Waals surface area contributed by atoms with Crippen molar-refractivity contribution in [1.82, 2.24) is 0 Å². The first-order chi connectivity index (χ1) is 6.25. The van der Waals surface area contributed by atoms with Gasteiger partial charge in [-0.25, -0.2) is 0 Å². The Balaban J connectivity index is 4.29. The molecule has 0 heterocycles. The van der Waals surface area contributed by atoms with Gasteiger partial charge in [-0.2, -0.15) is 0 Å². The van der Waals surface area contributed by atoms with Crippen molar-refractivity contribution in [1.29, 1.82) is 0 Å². The van der Waals surface area contributed by atoms with Gasteiger partial charge in [0, 0.05) is 6.42 Å². The van der Waals surface area contributed by atoms with E-state index in [1.807, 2.05) is 27.7 Å². The van der Waals surface area contributed by atoms with Crippen LogP contribution in [0, 0.1) is 5.41 Å². The summed E-state index contributed by atoms with van der Waals surface area (Å²) >= 11 is 0. The van der Waals surface area contributed by atoms with E-state index in [2.05, 4.69) is 6.08 Å². The molecule has 0 rings (SSSR count). The van der Waals surface area contributed by atoms with Crippen LogP contribution in [-0.4, -0.2) is 17.0 Å². The van der Waals surface area contributed by atoms with Gasteiger partial charge in [-0.15, -0.1) is 0 Å². The molecule has 0 saturated heterocycles. The monoisotopic (exact) mass is 198 g/mol. The first-order valence-corrected chi connectivity index (χ1v) is 5.06. The molecule has 14 heavy (non-hydrogen) atoms. The molecule has 2 heteroatoms. The molecule has 0 spiro atoms. The van der Waals surface area contributed by atoms with Gasteiger partial charge in [-0.3, -0.25) is 4.79 Å². The molecule has 0 aliphatic rings. The summed E-state index contributed by atoms with van der Waals surface area (Å²) in [5.74, 6) is 0.0442. The molecule has 0 aromatic heterocycles. The molecule has 82 valence electrons. The highest BCUT2D eigenvalue weighted by atomic mass is 16.3. The average Bonchev–Trinajstić information content (AvgIpc) is 1.99. The maximum Gasteiger partial charge on any atom is 0.132 e. The zero-order valence-electron chi connectivity index (χ0n) is 9.92. The van der Waals surface area contributed by atoms with E-state index in [0.717, 1.165) is 6.42 Å². The van der Waals surface area contributed by atoms with E-state index < -0.39 is 6.10 Å². The first kappa shape index (κ1) is 13.4. The summed E-state index contributed by atoms with van der Waals surface area (Å²) in [6, 6.07) is 0. The van der Waals surface area contributed by atoms with Gasteiger partial charge in [0.05, 0.1) is 6.10 Å². The van der Waals surface area contributed by atoms with E-state index in [-0.39, 0.29) is 17.6 Å². The van der Waals surface area contributed by atoms with E-state index in [1.165, 1.54) is 12.5 Å². The Kier molecular flexibility index (Phi) is 5.06. The third-order valence-corrected chi connectivity index (χ3v) is 2.42. The van der Waals surface area contributed by atoms with Crippen LogP contribution < -0.4 is 0 Å². The summed E-state index contributed by atoms with van der Waals surface area (Å²) < 4.78 is 0. The molecule has 0 aromatic rings. The second kappa shape index (κ2) is 5.30. The molecule has 0 radical (unpaired) electrons. The Labute approximate surface area is 87.0 Å². The van der Waals surface area contributed by atoms with Gasteiger partial charge in [0.15, 0.2) is 0 Å². The van der Waals surface area contributed by atoms with Gasteiger partial charge in [0.2, 0.25) is 0 Å². The SMILES string of the molecule is CC(=O)CC(O)C(C)(C)CC=C(C)C. The third-order valence-electron chi connectivity index (χ3n) is 2.42. The Hall–Kier alpha value is -0.630. The number of hydrogen-bond acceptors (Lipinski definition) is 2. The molecular weight excluding hydrogens is 176 g/mol. The summed E-state index contributed by atoms with van der Waals surface area (Å²) in [6.45, 7) is 9.56. The van der Waals surface area contributed by atoms with E-state index in [4.69, 9.17) is 0 Å². The lowest BCUT2D eigenvalue weighted by Gasteiger charge is -2.29. The smallest absolute Gasteiger partial charge is 0.132 e. The summed E-state index contributed by atoms with van der Waals surface area (Å²) in [5.41, 5.74) is 1.02. The van der Waals surface area contributed by atoms with Crippen LogP contribution in [-0.2, 0) is 4.79 Å². The number of aliphatic hydroxyl groups excluding tert-OH is 1. The summed E-state index contributed by atoms with van der Waals surface area (Å²) in [7, 11) is 0. The molecular formula is C12H22O2. The minimum Gasteiger partial charge on any atom is -0.392 e. The Morgan fingerprint density at radius 3 is 2.21 bits per heavy atom. The van der Waals surface area contributed by atoms with Gasteiger partial charge < -0.3 is 5.11 Å². The molecule has 1 unspecified atom stereocenters. The highest BCUT2D eigenvalue weighted by Crippen LogP contribution is 2.28. The fourth-order valence-electron chi connectivity index (χ4n) is 1.15. The predicted octanol–water partition coefficient (Wildman–Crippen LogP) is 2.71. The van der Waals surface area contributed by atoms with Crippen molar-refractivity contribution in [3.8, 4) is 0 Å². The molecule has 0 aliphatic carbocycles. The quantitative estimate of drug-likeness (QED) is 0.690. The third kappa shape index (κ3) is 5.18. The van der Waals surface area contributed by atoms with Crippen molar-refractivity contribution in [3.05, 3.63) is 11.6 Å². The normalized spacial score (nSPS) is 13.6. The molecule has 0 amide bonds. The first-order valence-electron chi connectivity index (χ1n) is 5.06. The van der Waals surface area contributed by atoms with Crippen molar-refractivity contribution >= 4 is 5.78 Å². The van der Waals surface area contributed by atoms with Crippen LogP contribution in [0.1, 0.15) is 47.5 Å². The van der Waals surface area contributed by atoms with Crippen LogP contribution in [0.15, 0.2) is 11.6 Å². The molecule has 0 saturated carbocycles. The van der Waals surface area contributed by atoms with Crippen LogP contribution in [0.4, 0.5) is 0 Å². The minimum atomic E-state index is -0.546. The Bertz CT molecular complexity index is 222. The van der Waals surface area contributed by atoms with Crippen molar-refractivity contribution in [2.45, 2.75) is 53.6 Å². The van der Waals surface area contributed by atoms with Gasteiger partial charge in [-0.05, 0) is 32.6 Å². The number of Topliss-reactive ketones (excluding diaryl/α,β-unsaturated/α-hetero) is 1. The van der Waals surface area contributed by atoms with Crippen molar-refractivity contribution in [2.75, 3.05) is 0 Å². The number of carbonyl (C=O) groups excluding carboxylic acids is 1. The number of hydrogen-bond donors (Lipinski definition) is 1. The molecule has 0 aliphatic heterocycles. The van der Waals surface area contributed by atoms with E-state index >= 15 is 0 Å². The zero-order chi connectivity index (χ0) is 11.4. The van der Waals surface area contributed by atoms with Crippen molar-refractivity contribution in [3.63, 3.8) is 0 Å². The highest BCUT2D eigenvalue weighted by molar-refractivity contribution is 5.76. The van der Waals surface area contributed by atoms with Crippen molar-refractivity contribution in [2.24, 2.45) is 5.41 Å². The van der Waals surface area contributed by atoms with E-state index in [9.17, 15) is 9.90 Å². The van der Waals surface area contributed by atoms with Gasteiger partial charge in [-0.1, -0.05) is 25.5 Å². The molecule has 2 nitrogen and oxygen atoms in total. The van der Waals surface area contributed by atoms with E-state index in [0.29, 0.717) is 0 Å². The second-order valence-electron chi connectivity index (χ2n) is 4.90. The average molecular weight is 198 g/mol. The standard InChI is InChI=1S/C12H22O2/c1-9(2)6-7-12(4,5)11(14)8-10(3)13/h6,11,14H,7-8H2,1-5H3. The predicted molar refractivity (Wildman–Crippen MR) is 59.1 cm³/mol. The summed E-state index contributed by atoms with van der Waals surface area (Å²) in [5, 5.41) is 9.81. The summed E-state index contributed by atoms with van der Waals surface area (Å²) in [4.78, 5) is 10.9. The molecule has 1 atom stereocenters. The van der Waals surface area contributed by atoms with Gasteiger partial charge >= 0.3 is 0 Å². The molecule has 0 aromatic carbocycles. The van der Waals surface area contributed by atoms with Crippen LogP contribution in [0.3, 0.4) is 0 Å². The number of carbonyl (C=O) groups is 1. The fraction of sp³-hybridized carbons (Fsp3) is 0.750. The summed E-state index contributed by atoms with van der Waals surface area (Å²) in [6.07, 6.45) is 2.62. The maximum absolute atomic E-state index is 10.9. The van der Waals surface area contributed by atoms with Gasteiger partial charge in [0.1, 0.15) is 5.78 Å². The van der Waals surface area contributed by atoms with Crippen LogP contribution in [0.2, 0.25) is 0 Å². The lowest BCUT2D eigenvalue weighted by atomic mass is 9.80. The number of allylic oxidation sites excluding steroid dienone is 2. The van der Waals surface area contributed by atoms with Crippen LogP contribution in [0.25, 0.3) is 0 Å². The second-order valence-corrected chi connectivity index (χ2v) is 4.90. The largest absolute Gasteiger partial charge is 0.392 e. The molecule has 1 N–H and O–H groups in total. The fourth-order valence-corrected chi connectivity index (χ4v) is 1.15. The van der Waals surface area contributed by atoms with Crippen LogP contribution >= 0.6 is 0 Å². The lowest BCUT2D eigenvalue weighted by Crippen LogP contribution is -2.30. The topological polar surface area (TPSA) is 37.3 Å². The number of ketones is 1. The minimum absolute atomic E-state index is 0.0442. The van der Waals surface area contributed by atoms with Crippen LogP contribution in [0.5, 0.6) is 0 Å². The Morgan fingerprint density at radius 2 is 1.86 bits per heavy atom. The van der Waals surface area contributed by atoms with Gasteiger partial charge in [0.25, 0.3) is 0 Å². The zero-order valence-corrected chi connectivity index (χ0v) is 9.92. The van der Waals surface area contributed by atoms with E-state index in [1.54, 1.807) is 0 Å². The Morgan fingerprint density at radius 1 is 1.36 bits per heavy atom. The lowest BCUT2D eigenvalue weighted by molar-refractivity contribution is -0.120. The maximum atomic E-state index is 10.9. The molecule has 0 fully saturated rings. The molecule has 0 bridgehead atoms.